The van der Waals surface area contributed by atoms with Crippen molar-refractivity contribution in [3.63, 3.8) is 0 Å². The van der Waals surface area contributed by atoms with Gasteiger partial charge in [0.25, 0.3) is 0 Å². The van der Waals surface area contributed by atoms with E-state index in [0.717, 1.165) is 37.8 Å². The second kappa shape index (κ2) is 8.02. The van der Waals surface area contributed by atoms with Crippen molar-refractivity contribution in [3.8, 4) is 0 Å². The van der Waals surface area contributed by atoms with Gasteiger partial charge in [-0.15, -0.1) is 0 Å². The van der Waals surface area contributed by atoms with E-state index in [0.29, 0.717) is 16.2 Å². The van der Waals surface area contributed by atoms with E-state index in [9.17, 15) is 0 Å². The summed E-state index contributed by atoms with van der Waals surface area (Å²) in [6, 6.07) is 2.32. The molecule has 0 unspecified atom stereocenters. The van der Waals surface area contributed by atoms with E-state index in [2.05, 4.69) is 14.8 Å². The Morgan fingerprint density at radius 1 is 1.09 bits per heavy atom. The number of hydrogen-bond acceptors (Lipinski definition) is 4. The molecule has 0 radical (unpaired) electrons. The normalized spacial score (nSPS) is 26.5. The van der Waals surface area contributed by atoms with Crippen molar-refractivity contribution in [1.29, 1.82) is 0 Å². The molecule has 1 aliphatic carbocycles. The Morgan fingerprint density at radius 2 is 1.78 bits per heavy atom. The summed E-state index contributed by atoms with van der Waals surface area (Å²) < 4.78 is 0. The maximum Gasteiger partial charge on any atom is 0.131 e. The molecule has 3 rings (SSSR count). The number of hydrogen-bond donors (Lipinski definition) is 1. The monoisotopic (exact) mass is 356 g/mol. The molecule has 0 spiro atoms. The quantitative estimate of drug-likeness (QED) is 0.839. The fourth-order valence-corrected chi connectivity index (χ4v) is 4.08. The van der Waals surface area contributed by atoms with Crippen LogP contribution in [0.15, 0.2) is 12.3 Å². The number of halogens is 2. The molecule has 6 heteroatoms. The van der Waals surface area contributed by atoms with Gasteiger partial charge < -0.3 is 10.6 Å². The zero-order valence-electron chi connectivity index (χ0n) is 13.6. The molecule has 2 N–H and O–H groups in total. The summed E-state index contributed by atoms with van der Waals surface area (Å²) in [7, 11) is 0. The number of piperazine rings is 1. The van der Waals surface area contributed by atoms with Crippen LogP contribution in [0.5, 0.6) is 0 Å². The Morgan fingerprint density at radius 3 is 2.48 bits per heavy atom. The van der Waals surface area contributed by atoms with Gasteiger partial charge in [-0.25, -0.2) is 4.98 Å². The number of nitrogens with two attached hydrogens (primary N) is 1. The van der Waals surface area contributed by atoms with Gasteiger partial charge in [-0.3, -0.25) is 4.90 Å². The van der Waals surface area contributed by atoms with Crippen LogP contribution in [-0.4, -0.2) is 48.6 Å². The predicted molar refractivity (Wildman–Crippen MR) is 97.5 cm³/mol. The number of nitrogens with zero attached hydrogens (tertiary/aromatic N) is 3. The Bertz CT molecular complexity index is 509. The summed E-state index contributed by atoms with van der Waals surface area (Å²) in [4.78, 5) is 8.91. The van der Waals surface area contributed by atoms with E-state index in [1.54, 1.807) is 6.20 Å². The highest BCUT2D eigenvalue weighted by atomic mass is 35.5. The van der Waals surface area contributed by atoms with Crippen molar-refractivity contribution in [2.24, 2.45) is 11.7 Å². The Balaban J connectivity index is 1.44. The summed E-state index contributed by atoms with van der Waals surface area (Å²) in [6.07, 6.45) is 7.99. The summed E-state index contributed by atoms with van der Waals surface area (Å²) in [5, 5.41) is 1.18. The molecule has 2 heterocycles. The summed E-state index contributed by atoms with van der Waals surface area (Å²) in [6.45, 7) is 5.37. The molecule has 2 fully saturated rings. The highest BCUT2D eigenvalue weighted by molar-refractivity contribution is 6.34. The first-order valence-electron chi connectivity index (χ1n) is 8.66. The lowest BCUT2D eigenvalue weighted by Crippen LogP contribution is -2.47. The van der Waals surface area contributed by atoms with Crippen molar-refractivity contribution < 1.29 is 0 Å². The fourth-order valence-electron chi connectivity index (χ4n) is 3.70. The molecule has 1 saturated carbocycles. The van der Waals surface area contributed by atoms with Crippen LogP contribution < -0.4 is 10.6 Å². The molecule has 1 aliphatic heterocycles. The van der Waals surface area contributed by atoms with Crippen LogP contribution in [0.1, 0.15) is 32.1 Å². The molecule has 0 amide bonds. The molecule has 23 heavy (non-hydrogen) atoms. The summed E-state index contributed by atoms with van der Waals surface area (Å²) in [5.74, 6) is 0.876. The number of rotatable bonds is 4. The minimum atomic E-state index is 0.451. The van der Waals surface area contributed by atoms with E-state index >= 15 is 0 Å². The van der Waals surface area contributed by atoms with Crippen LogP contribution in [0, 0.1) is 5.92 Å². The van der Waals surface area contributed by atoms with Crippen LogP contribution in [0.25, 0.3) is 0 Å². The van der Waals surface area contributed by atoms with Gasteiger partial charge in [0.05, 0.1) is 10.7 Å². The minimum Gasteiger partial charge on any atom is -0.368 e. The van der Waals surface area contributed by atoms with E-state index in [4.69, 9.17) is 28.9 Å². The lowest BCUT2D eigenvalue weighted by atomic mass is 9.84. The molecule has 0 bridgehead atoms. The van der Waals surface area contributed by atoms with Crippen molar-refractivity contribution in [2.75, 3.05) is 37.6 Å². The van der Waals surface area contributed by atoms with Gasteiger partial charge in [0, 0.05) is 44.5 Å². The molecule has 2 aliphatic rings. The molecule has 0 atom stereocenters. The van der Waals surface area contributed by atoms with E-state index in [1.165, 1.54) is 38.6 Å². The maximum absolute atomic E-state index is 6.25. The fraction of sp³-hybridized carbons (Fsp3) is 0.706. The van der Waals surface area contributed by atoms with Crippen molar-refractivity contribution in [1.82, 2.24) is 9.88 Å². The average Bonchev–Trinajstić information content (AvgIpc) is 2.57. The van der Waals surface area contributed by atoms with E-state index in [-0.39, 0.29) is 0 Å². The zero-order valence-corrected chi connectivity index (χ0v) is 15.1. The molecule has 1 saturated heterocycles. The SMILES string of the molecule is N[C@H]1CC[C@H](CCN2CCN(c3cc(Cl)ncc3Cl)CC2)CC1. The van der Waals surface area contributed by atoms with Crippen molar-refractivity contribution in [2.45, 2.75) is 38.1 Å². The van der Waals surface area contributed by atoms with E-state index < -0.39 is 0 Å². The smallest absolute Gasteiger partial charge is 0.131 e. The van der Waals surface area contributed by atoms with Crippen molar-refractivity contribution in [3.05, 3.63) is 22.4 Å². The Kier molecular flexibility index (Phi) is 6.02. The maximum atomic E-state index is 6.25. The number of anilines is 1. The minimum absolute atomic E-state index is 0.451. The van der Waals surface area contributed by atoms with Crippen LogP contribution in [0.3, 0.4) is 0 Å². The van der Waals surface area contributed by atoms with Gasteiger partial charge in [0.1, 0.15) is 5.15 Å². The van der Waals surface area contributed by atoms with Crippen molar-refractivity contribution >= 4 is 28.9 Å². The van der Waals surface area contributed by atoms with Crippen LogP contribution >= 0.6 is 23.2 Å². The topological polar surface area (TPSA) is 45.4 Å². The predicted octanol–water partition coefficient (Wildman–Crippen LogP) is 3.42. The van der Waals surface area contributed by atoms with Crippen LogP contribution in [-0.2, 0) is 0 Å². The van der Waals surface area contributed by atoms with Gasteiger partial charge in [-0.1, -0.05) is 23.2 Å². The zero-order chi connectivity index (χ0) is 16.2. The number of aromatic nitrogens is 1. The average molecular weight is 357 g/mol. The third kappa shape index (κ3) is 4.72. The highest BCUT2D eigenvalue weighted by Crippen LogP contribution is 2.29. The second-order valence-corrected chi connectivity index (χ2v) is 7.65. The molecule has 128 valence electrons. The molecule has 1 aromatic heterocycles. The van der Waals surface area contributed by atoms with E-state index in [1.807, 2.05) is 6.07 Å². The number of pyridine rings is 1. The lowest BCUT2D eigenvalue weighted by molar-refractivity contribution is 0.217. The molecular formula is C17H26Cl2N4. The summed E-state index contributed by atoms with van der Waals surface area (Å²) >= 11 is 12.2. The second-order valence-electron chi connectivity index (χ2n) is 6.86. The lowest BCUT2D eigenvalue weighted by Gasteiger charge is -2.37. The first kappa shape index (κ1) is 17.3. The largest absolute Gasteiger partial charge is 0.368 e. The van der Waals surface area contributed by atoms with Gasteiger partial charge in [-0.05, 0) is 44.6 Å². The molecule has 1 aromatic rings. The van der Waals surface area contributed by atoms with Gasteiger partial charge >= 0.3 is 0 Å². The molecule has 4 nitrogen and oxygen atoms in total. The molecular weight excluding hydrogens is 331 g/mol. The standard InChI is InChI=1S/C17H26Cl2N4/c18-15-12-21-17(19)11-16(15)23-9-7-22(8-10-23)6-5-13-1-3-14(20)4-2-13/h11-14H,1-10,20H2/t13-,14-. The third-order valence-corrected chi connectivity index (χ3v) is 5.76. The van der Waals surface area contributed by atoms with Gasteiger partial charge in [-0.2, -0.15) is 0 Å². The van der Waals surface area contributed by atoms with Crippen LogP contribution in [0.2, 0.25) is 10.2 Å². The van der Waals surface area contributed by atoms with Gasteiger partial charge in [0.15, 0.2) is 0 Å². The Hall–Kier alpha value is -0.550. The van der Waals surface area contributed by atoms with Crippen LogP contribution in [0.4, 0.5) is 5.69 Å². The third-order valence-electron chi connectivity index (χ3n) is 5.26. The highest BCUT2D eigenvalue weighted by Gasteiger charge is 2.22. The van der Waals surface area contributed by atoms with Gasteiger partial charge in [0.2, 0.25) is 0 Å². The molecule has 0 aromatic carbocycles. The Labute approximate surface area is 148 Å². The first-order valence-corrected chi connectivity index (χ1v) is 9.41. The first-order chi connectivity index (χ1) is 11.1. The summed E-state index contributed by atoms with van der Waals surface area (Å²) in [5.41, 5.74) is 7.00.